The summed E-state index contributed by atoms with van der Waals surface area (Å²) in [5.41, 5.74) is 5.67. The van der Waals surface area contributed by atoms with E-state index < -0.39 is 171 Å². The van der Waals surface area contributed by atoms with Gasteiger partial charge in [0.2, 0.25) is 53.2 Å². The fraction of sp³-hybridized carbons (Fsp3) is 0.646. The molecule has 16 N–H and O–H groups in total. The molecule has 7 unspecified atom stereocenters. The number of aliphatic hydroxyl groups excluding tert-OH is 3. The Hall–Kier alpha value is -6.93. The van der Waals surface area contributed by atoms with E-state index in [0.717, 1.165) is 51.9 Å². The van der Waals surface area contributed by atoms with Crippen molar-refractivity contribution in [3.63, 3.8) is 0 Å². The van der Waals surface area contributed by atoms with Gasteiger partial charge in [-0.3, -0.25) is 52.7 Å². The molecule has 9 atom stereocenters. The Kier molecular flexibility index (Phi) is 28.8. The van der Waals surface area contributed by atoms with Crippen molar-refractivity contribution in [2.24, 2.45) is 5.73 Å². The third-order valence-corrected chi connectivity index (χ3v) is 12.0. The maximum atomic E-state index is 14.1. The van der Waals surface area contributed by atoms with E-state index in [1.165, 1.54) is 37.1 Å². The van der Waals surface area contributed by atoms with Gasteiger partial charge in [0, 0.05) is 25.3 Å². The molecule has 1 aliphatic heterocycles. The Balaban J connectivity index is 2.67. The van der Waals surface area contributed by atoms with Crippen LogP contribution >= 0.6 is 0 Å². The van der Waals surface area contributed by atoms with E-state index in [0.29, 0.717) is 18.4 Å². The van der Waals surface area contributed by atoms with Gasteiger partial charge in [0.05, 0.1) is 32.2 Å². The highest BCUT2D eigenvalue weighted by Gasteiger charge is 2.36. The van der Waals surface area contributed by atoms with E-state index >= 15 is 0 Å². The molecule has 0 saturated carbocycles. The van der Waals surface area contributed by atoms with E-state index in [4.69, 9.17) is 5.73 Å². The molecular formula is C48H75N9O17. The number of hydrogen-bond donors (Lipinski definition) is 15. The molecule has 26 heteroatoms. The molecule has 0 bridgehead atoms. The number of nitrogens with one attached hydrogen (secondary N) is 8. The van der Waals surface area contributed by atoms with Crippen molar-refractivity contribution in [1.29, 1.82) is 0 Å². The summed E-state index contributed by atoms with van der Waals surface area (Å²) in [6.07, 6.45) is 4.83. The maximum absolute atomic E-state index is 14.1. The minimum atomic E-state index is -1.99. The molecule has 26 nitrogen and oxygen atoms in total. The molecule has 1 aromatic carbocycles. The average molecular weight is 1050 g/mol. The maximum Gasteiger partial charge on any atom is 0.305 e. The summed E-state index contributed by atoms with van der Waals surface area (Å²) < 4.78 is 0. The first kappa shape index (κ1) is 63.2. The molecule has 74 heavy (non-hydrogen) atoms. The highest BCUT2D eigenvalue weighted by atomic mass is 16.4. The monoisotopic (exact) mass is 1050 g/mol. The van der Waals surface area contributed by atoms with Gasteiger partial charge in [-0.1, -0.05) is 89.7 Å². The zero-order valence-electron chi connectivity index (χ0n) is 41.9. The summed E-state index contributed by atoms with van der Waals surface area (Å²) in [5.74, 6) is -13.9. The van der Waals surface area contributed by atoms with Gasteiger partial charge in [-0.25, -0.2) is 0 Å². The summed E-state index contributed by atoms with van der Waals surface area (Å²) in [7, 11) is 0. The SMILES string of the molecule is CCCCCCCCCCCCCC1CC(=O)NC(CC(=O)O)C(=O)NC(Cc2ccc(O)cc2)C(=O)NC(CC(N)=O)C(=O)NC(CO)C(=O)NC(CCC(=O)O)C(=O)NC(CO)C(=O)N[C@@H]([C@@H](C)O)C(=O)N1. The van der Waals surface area contributed by atoms with Gasteiger partial charge in [0.1, 0.15) is 48.0 Å². The standard InChI is InChI=1S/C48H75N9O17/c1-3-4-5-6-7-8-9-10-11-12-13-14-29-22-38(63)51-34(24-40(66)67)45(71)53-32(21-28-15-17-30(61)18-16-28)43(69)54-33(23-37(49)62)44(70)56-35(25-58)46(72)52-31(19-20-39(64)65)42(68)55-36(26-59)47(73)57-41(27(2)60)48(74)50-29/h15-18,27,29,31-36,41,58-61H,3-14,19-26H2,1-2H3,(H2,49,62)(H,50,74)(H,51,63)(H,52,72)(H,53,71)(H,54,69)(H,55,68)(H,56,70)(H,57,73)(H,64,65)(H,66,67)/t27-,29?,31?,32?,33?,34?,35?,36?,41+/m1/s1. The molecule has 1 aliphatic rings. The number of carbonyl (C=O) groups excluding carboxylic acids is 9. The topological polar surface area (TPSA) is 431 Å². The first-order valence-corrected chi connectivity index (χ1v) is 24.9. The van der Waals surface area contributed by atoms with Crippen LogP contribution < -0.4 is 48.3 Å². The number of benzene rings is 1. The Bertz CT molecular complexity index is 2060. The first-order chi connectivity index (χ1) is 35.1. The zero-order valence-corrected chi connectivity index (χ0v) is 41.9. The van der Waals surface area contributed by atoms with Crippen molar-refractivity contribution in [3.05, 3.63) is 29.8 Å². The van der Waals surface area contributed by atoms with Crippen molar-refractivity contribution in [2.75, 3.05) is 13.2 Å². The van der Waals surface area contributed by atoms with Gasteiger partial charge in [-0.05, 0) is 37.5 Å². The number of aromatic hydroxyl groups is 1. The highest BCUT2D eigenvalue weighted by molar-refractivity contribution is 5.99. The lowest BCUT2D eigenvalue weighted by molar-refractivity contribution is -0.141. The van der Waals surface area contributed by atoms with Crippen LogP contribution in [0.3, 0.4) is 0 Å². The molecule has 9 amide bonds. The van der Waals surface area contributed by atoms with E-state index in [9.17, 15) is 83.4 Å². The second kappa shape index (κ2) is 33.7. The number of carboxylic acid groups (broad SMARTS) is 2. The number of phenolic OH excluding ortho intramolecular Hbond substituents is 1. The fourth-order valence-electron chi connectivity index (χ4n) is 7.87. The lowest BCUT2D eigenvalue weighted by Gasteiger charge is -2.28. The van der Waals surface area contributed by atoms with Crippen molar-refractivity contribution >= 4 is 65.1 Å². The van der Waals surface area contributed by atoms with Crippen molar-refractivity contribution in [1.82, 2.24) is 42.5 Å². The number of primary amides is 1. The van der Waals surface area contributed by atoms with Crippen LogP contribution in [0.1, 0.15) is 129 Å². The molecule has 1 saturated heterocycles. The van der Waals surface area contributed by atoms with Gasteiger partial charge in [0.25, 0.3) is 0 Å². The number of aliphatic hydroxyl groups is 3. The van der Waals surface area contributed by atoms with Crippen LogP contribution in [0.2, 0.25) is 0 Å². The van der Waals surface area contributed by atoms with Crippen LogP contribution in [0.5, 0.6) is 5.75 Å². The number of aliphatic carboxylic acids is 2. The second-order valence-electron chi connectivity index (χ2n) is 18.3. The summed E-state index contributed by atoms with van der Waals surface area (Å²) in [5, 5.41) is 78.3. The van der Waals surface area contributed by atoms with Gasteiger partial charge < -0.3 is 78.9 Å². The smallest absolute Gasteiger partial charge is 0.305 e. The normalized spacial score (nSPS) is 23.7. The van der Waals surface area contributed by atoms with E-state index in [2.05, 4.69) is 49.5 Å². The van der Waals surface area contributed by atoms with Crippen LogP contribution in [0, 0.1) is 0 Å². The summed E-state index contributed by atoms with van der Waals surface area (Å²) in [6.45, 7) is 0.929. The number of phenols is 1. The van der Waals surface area contributed by atoms with Crippen LogP contribution in [0.4, 0.5) is 0 Å². The number of carboxylic acids is 2. The van der Waals surface area contributed by atoms with Crippen LogP contribution in [0.25, 0.3) is 0 Å². The van der Waals surface area contributed by atoms with Gasteiger partial charge in [-0.15, -0.1) is 0 Å². The lowest BCUT2D eigenvalue weighted by Crippen LogP contribution is -2.62. The summed E-state index contributed by atoms with van der Waals surface area (Å²) >= 11 is 0. The third-order valence-electron chi connectivity index (χ3n) is 12.0. The van der Waals surface area contributed by atoms with Crippen molar-refractivity contribution in [3.8, 4) is 5.75 Å². The molecule has 2 rings (SSSR count). The van der Waals surface area contributed by atoms with E-state index in [-0.39, 0.29) is 12.2 Å². The molecule has 0 spiro atoms. The number of rotatable bonds is 24. The Morgan fingerprint density at radius 1 is 0.554 bits per heavy atom. The van der Waals surface area contributed by atoms with Crippen molar-refractivity contribution < 1.29 is 83.4 Å². The quantitative estimate of drug-likeness (QED) is 0.0476. The Morgan fingerprint density at radius 3 is 1.50 bits per heavy atom. The van der Waals surface area contributed by atoms with Crippen LogP contribution in [-0.4, -0.2) is 163 Å². The van der Waals surface area contributed by atoms with Crippen LogP contribution in [-0.2, 0) is 59.2 Å². The molecule has 414 valence electrons. The van der Waals surface area contributed by atoms with Gasteiger partial charge in [0.15, 0.2) is 0 Å². The fourth-order valence-corrected chi connectivity index (χ4v) is 7.87. The minimum absolute atomic E-state index is 0.136. The number of nitrogens with two attached hydrogens (primary N) is 1. The Morgan fingerprint density at radius 2 is 1.00 bits per heavy atom. The second-order valence-corrected chi connectivity index (χ2v) is 18.3. The number of hydrogen-bond acceptors (Lipinski definition) is 15. The number of amides is 9. The van der Waals surface area contributed by atoms with E-state index in [1.807, 2.05) is 0 Å². The number of carbonyl (C=O) groups is 11. The molecule has 0 aliphatic carbocycles. The van der Waals surface area contributed by atoms with Gasteiger partial charge in [-0.2, -0.15) is 0 Å². The number of unbranched alkanes of at least 4 members (excludes halogenated alkanes) is 10. The predicted molar refractivity (Wildman–Crippen MR) is 262 cm³/mol. The summed E-state index contributed by atoms with van der Waals surface area (Å²) in [4.78, 5) is 146. The molecule has 0 aromatic heterocycles. The average Bonchev–Trinajstić information content (AvgIpc) is 3.33. The van der Waals surface area contributed by atoms with Gasteiger partial charge >= 0.3 is 11.9 Å². The van der Waals surface area contributed by atoms with E-state index in [1.54, 1.807) is 0 Å². The van der Waals surface area contributed by atoms with Crippen molar-refractivity contribution in [2.45, 2.75) is 184 Å². The molecule has 1 fully saturated rings. The summed E-state index contributed by atoms with van der Waals surface area (Å²) in [6, 6.07) is -8.94. The minimum Gasteiger partial charge on any atom is -0.508 e. The zero-order chi connectivity index (χ0) is 55.3. The molecule has 0 radical (unpaired) electrons. The molecule has 1 aromatic rings. The molecular weight excluding hydrogens is 975 g/mol. The highest BCUT2D eigenvalue weighted by Crippen LogP contribution is 2.16. The molecule has 1 heterocycles. The predicted octanol–water partition coefficient (Wildman–Crippen LogP) is -2.50. The van der Waals surface area contributed by atoms with Crippen LogP contribution in [0.15, 0.2) is 24.3 Å². The first-order valence-electron chi connectivity index (χ1n) is 24.9. The Labute approximate surface area is 428 Å². The largest absolute Gasteiger partial charge is 0.508 e. The lowest BCUT2D eigenvalue weighted by atomic mass is 10.0. The third kappa shape index (κ3) is 24.2.